The van der Waals surface area contributed by atoms with E-state index in [-0.39, 0.29) is 18.2 Å². The van der Waals surface area contributed by atoms with Crippen LogP contribution in [-0.2, 0) is 9.59 Å². The van der Waals surface area contributed by atoms with Gasteiger partial charge in [-0.15, -0.1) is 0 Å². The predicted molar refractivity (Wildman–Crippen MR) is 62.6 cm³/mol. The number of amides is 1. The van der Waals surface area contributed by atoms with Crippen LogP contribution in [0.1, 0.15) is 13.8 Å². The minimum atomic E-state index is -0.434. The zero-order valence-corrected chi connectivity index (χ0v) is 10.5. The van der Waals surface area contributed by atoms with Gasteiger partial charge in [-0.25, -0.2) is 5.84 Å². The number of Topliss-reactive ketones (excluding diaryl/α,β-unsaturated/α-hetero) is 1. The lowest BCUT2D eigenvalue weighted by molar-refractivity contribution is -0.133. The number of hydrogen-bond acceptors (Lipinski definition) is 5. The summed E-state index contributed by atoms with van der Waals surface area (Å²) in [4.78, 5) is 24.4. The van der Waals surface area contributed by atoms with Gasteiger partial charge in [0.2, 0.25) is 0 Å². The summed E-state index contributed by atoms with van der Waals surface area (Å²) in [5.41, 5.74) is 0. The third-order valence-corrected chi connectivity index (χ3v) is 2.10. The van der Waals surface area contributed by atoms with Crippen LogP contribution in [0.25, 0.3) is 0 Å². The molecule has 6 heteroatoms. The van der Waals surface area contributed by atoms with Crippen molar-refractivity contribution in [3.05, 3.63) is 0 Å². The van der Waals surface area contributed by atoms with Gasteiger partial charge in [0.05, 0.1) is 12.6 Å². The fourth-order valence-electron chi connectivity index (χ4n) is 1.05. The van der Waals surface area contributed by atoms with Gasteiger partial charge >= 0.3 is 0 Å². The third kappa shape index (κ3) is 6.49. The number of hydrazine groups is 1. The fraction of sp³-hybridized carbons (Fsp3) is 0.800. The van der Waals surface area contributed by atoms with Crippen LogP contribution < -0.4 is 11.2 Å². The topological polar surface area (TPSA) is 78.7 Å². The maximum Gasteiger partial charge on any atom is 0.253 e. The quantitative estimate of drug-likeness (QED) is 0.327. The van der Waals surface area contributed by atoms with Gasteiger partial charge in [-0.2, -0.15) is 0 Å². The Bertz CT molecular complexity index is 243. The first-order valence-electron chi connectivity index (χ1n) is 5.28. The Morgan fingerprint density at radius 3 is 2.31 bits per heavy atom. The highest BCUT2D eigenvalue weighted by molar-refractivity contribution is 5.82. The molecule has 0 aromatic carbocycles. The molecule has 94 valence electrons. The molecule has 0 bridgehead atoms. The monoisotopic (exact) mass is 230 g/mol. The molecule has 16 heavy (non-hydrogen) atoms. The van der Waals surface area contributed by atoms with Crippen LogP contribution in [-0.4, -0.2) is 61.4 Å². The first-order valence-corrected chi connectivity index (χ1v) is 5.28. The van der Waals surface area contributed by atoms with Crippen LogP contribution in [0.15, 0.2) is 0 Å². The van der Waals surface area contributed by atoms with Gasteiger partial charge in [0.1, 0.15) is 5.78 Å². The molecular formula is C10H22N4O2. The summed E-state index contributed by atoms with van der Waals surface area (Å²) in [5, 5.41) is 3.99. The van der Waals surface area contributed by atoms with Crippen molar-refractivity contribution in [1.82, 2.24) is 15.2 Å². The lowest BCUT2D eigenvalue weighted by Gasteiger charge is -2.22. The van der Waals surface area contributed by atoms with Crippen LogP contribution in [0, 0.1) is 0 Å². The van der Waals surface area contributed by atoms with E-state index in [9.17, 15) is 9.59 Å². The smallest absolute Gasteiger partial charge is 0.253 e. The summed E-state index contributed by atoms with van der Waals surface area (Å²) < 4.78 is 0. The van der Waals surface area contributed by atoms with E-state index < -0.39 is 6.04 Å². The minimum Gasteiger partial charge on any atom is -0.308 e. The Morgan fingerprint density at radius 2 is 1.88 bits per heavy atom. The van der Waals surface area contributed by atoms with Crippen molar-refractivity contribution in [1.29, 1.82) is 0 Å². The van der Waals surface area contributed by atoms with Crippen LogP contribution in [0.4, 0.5) is 0 Å². The van der Waals surface area contributed by atoms with E-state index in [4.69, 9.17) is 5.84 Å². The highest BCUT2D eigenvalue weighted by Gasteiger charge is 2.17. The zero-order valence-electron chi connectivity index (χ0n) is 10.5. The second kappa shape index (κ2) is 7.32. The van der Waals surface area contributed by atoms with E-state index in [1.807, 2.05) is 19.0 Å². The summed E-state index contributed by atoms with van der Waals surface area (Å²) in [6.45, 7) is 4.53. The molecule has 0 rings (SSSR count). The molecule has 0 saturated carbocycles. The van der Waals surface area contributed by atoms with Crippen molar-refractivity contribution in [2.75, 3.05) is 33.7 Å². The molecule has 1 amide bonds. The van der Waals surface area contributed by atoms with E-state index in [1.165, 1.54) is 11.9 Å². The second-order valence-corrected chi connectivity index (χ2v) is 4.14. The molecule has 0 aliphatic rings. The van der Waals surface area contributed by atoms with Crippen molar-refractivity contribution in [3.8, 4) is 0 Å². The van der Waals surface area contributed by atoms with Gasteiger partial charge in [-0.3, -0.25) is 19.9 Å². The average Bonchev–Trinajstić information content (AvgIpc) is 2.21. The van der Waals surface area contributed by atoms with Gasteiger partial charge in [-0.1, -0.05) is 0 Å². The van der Waals surface area contributed by atoms with Crippen molar-refractivity contribution in [3.63, 3.8) is 0 Å². The minimum absolute atomic E-state index is 0.00323. The number of carbonyl (C=O) groups is 2. The van der Waals surface area contributed by atoms with Crippen LogP contribution >= 0.6 is 0 Å². The largest absolute Gasteiger partial charge is 0.308 e. The summed E-state index contributed by atoms with van der Waals surface area (Å²) in [5.74, 6) is 5.40. The number of nitrogens with zero attached hydrogens (tertiary/aromatic N) is 2. The Balaban J connectivity index is 3.96. The van der Waals surface area contributed by atoms with Gasteiger partial charge in [0.15, 0.2) is 0 Å². The SMILES string of the molecule is CC(=O)CN[C@H](C)C(=O)N(N)CCN(C)C. The van der Waals surface area contributed by atoms with Gasteiger partial charge in [-0.05, 0) is 27.9 Å². The molecule has 0 aliphatic heterocycles. The van der Waals surface area contributed by atoms with E-state index in [0.717, 1.165) is 0 Å². The van der Waals surface area contributed by atoms with Crippen molar-refractivity contribution in [2.24, 2.45) is 5.84 Å². The first kappa shape index (κ1) is 15.0. The fourth-order valence-corrected chi connectivity index (χ4v) is 1.05. The van der Waals surface area contributed by atoms with Crippen LogP contribution in [0.5, 0.6) is 0 Å². The molecule has 0 aliphatic carbocycles. The Morgan fingerprint density at radius 1 is 1.31 bits per heavy atom. The Hall–Kier alpha value is -0.980. The first-order chi connectivity index (χ1) is 7.34. The Kier molecular flexibility index (Phi) is 6.87. The van der Waals surface area contributed by atoms with E-state index in [1.54, 1.807) is 6.92 Å². The van der Waals surface area contributed by atoms with Gasteiger partial charge in [0.25, 0.3) is 5.91 Å². The summed E-state index contributed by atoms with van der Waals surface area (Å²) >= 11 is 0. The van der Waals surface area contributed by atoms with E-state index in [2.05, 4.69) is 5.32 Å². The average molecular weight is 230 g/mol. The molecule has 6 nitrogen and oxygen atoms in total. The molecule has 0 saturated heterocycles. The number of nitrogens with one attached hydrogen (secondary N) is 1. The molecule has 1 atom stereocenters. The molecule has 0 radical (unpaired) electrons. The number of rotatable bonds is 7. The summed E-state index contributed by atoms with van der Waals surface area (Å²) in [6, 6.07) is -0.434. The Labute approximate surface area is 96.7 Å². The lowest BCUT2D eigenvalue weighted by Crippen LogP contribution is -2.50. The lowest BCUT2D eigenvalue weighted by atomic mass is 10.3. The maximum absolute atomic E-state index is 11.7. The number of ketones is 1. The van der Waals surface area contributed by atoms with Crippen LogP contribution in [0.2, 0.25) is 0 Å². The summed E-state index contributed by atoms with van der Waals surface area (Å²) in [6.07, 6.45) is 0. The number of carbonyl (C=O) groups excluding carboxylic acids is 2. The number of nitrogens with two attached hydrogens (primary N) is 1. The maximum atomic E-state index is 11.7. The molecule has 0 spiro atoms. The standard InChI is InChI=1S/C10H22N4O2/c1-8(15)7-12-9(2)10(16)14(11)6-5-13(3)4/h9,12H,5-7,11H2,1-4H3/t9-/m1/s1. The second-order valence-electron chi connectivity index (χ2n) is 4.14. The van der Waals surface area contributed by atoms with E-state index >= 15 is 0 Å². The molecule has 0 unspecified atom stereocenters. The molecule has 0 heterocycles. The molecular weight excluding hydrogens is 208 g/mol. The van der Waals surface area contributed by atoms with Crippen molar-refractivity contribution < 1.29 is 9.59 Å². The molecule has 3 N–H and O–H groups in total. The summed E-state index contributed by atoms with van der Waals surface area (Å²) in [7, 11) is 3.82. The zero-order chi connectivity index (χ0) is 12.7. The van der Waals surface area contributed by atoms with Gasteiger partial charge < -0.3 is 4.90 Å². The van der Waals surface area contributed by atoms with E-state index in [0.29, 0.717) is 13.1 Å². The van der Waals surface area contributed by atoms with Crippen molar-refractivity contribution in [2.45, 2.75) is 19.9 Å². The predicted octanol–water partition coefficient (Wildman–Crippen LogP) is -1.18. The molecule has 0 fully saturated rings. The highest BCUT2D eigenvalue weighted by Crippen LogP contribution is 1.90. The van der Waals surface area contributed by atoms with Gasteiger partial charge in [0, 0.05) is 13.1 Å². The van der Waals surface area contributed by atoms with Crippen molar-refractivity contribution >= 4 is 11.7 Å². The molecule has 0 aromatic rings. The normalized spacial score (nSPS) is 12.6. The number of hydrogen-bond donors (Lipinski definition) is 2. The van der Waals surface area contributed by atoms with Crippen LogP contribution in [0.3, 0.4) is 0 Å². The third-order valence-electron chi connectivity index (χ3n) is 2.10. The molecule has 0 aromatic heterocycles. The number of likely N-dealkylation sites (N-methyl/N-ethyl adjacent to an activating group) is 1. The highest BCUT2D eigenvalue weighted by atomic mass is 16.2.